The standard InChI is InChI=1S/C11H7BrF3NO5/c1-20-8-5-6(2-3-16(18)19)4-7(12)9(8)21-10(17)11(13,14)15/h2-5H,1H3/b3-2+. The fourth-order valence-electron chi connectivity index (χ4n) is 1.23. The zero-order valence-electron chi connectivity index (χ0n) is 10.3. The van der Waals surface area contributed by atoms with Crippen molar-refractivity contribution in [2.45, 2.75) is 6.18 Å². The lowest BCUT2D eigenvalue weighted by molar-refractivity contribution is -0.400. The second-order valence-corrected chi connectivity index (χ2v) is 4.38. The van der Waals surface area contributed by atoms with Gasteiger partial charge in [0.2, 0.25) is 6.20 Å². The summed E-state index contributed by atoms with van der Waals surface area (Å²) in [5, 5.41) is 10.2. The van der Waals surface area contributed by atoms with E-state index in [-0.39, 0.29) is 15.8 Å². The molecule has 21 heavy (non-hydrogen) atoms. The van der Waals surface area contributed by atoms with Crippen LogP contribution in [0.4, 0.5) is 13.2 Å². The number of nitro groups is 1. The molecular formula is C11H7BrF3NO5. The van der Waals surface area contributed by atoms with Crippen molar-refractivity contribution in [2.75, 3.05) is 7.11 Å². The molecule has 0 saturated heterocycles. The van der Waals surface area contributed by atoms with Crippen molar-refractivity contribution in [3.05, 3.63) is 38.5 Å². The van der Waals surface area contributed by atoms with Crippen LogP contribution >= 0.6 is 15.9 Å². The van der Waals surface area contributed by atoms with Gasteiger partial charge < -0.3 is 9.47 Å². The number of alkyl halides is 3. The van der Waals surface area contributed by atoms with Crippen LogP contribution in [-0.2, 0) is 4.79 Å². The van der Waals surface area contributed by atoms with Crippen LogP contribution in [-0.4, -0.2) is 24.2 Å². The van der Waals surface area contributed by atoms with Crippen LogP contribution < -0.4 is 9.47 Å². The van der Waals surface area contributed by atoms with Crippen molar-refractivity contribution >= 4 is 28.0 Å². The molecule has 0 spiro atoms. The quantitative estimate of drug-likeness (QED) is 0.352. The third kappa shape index (κ3) is 4.74. The summed E-state index contributed by atoms with van der Waals surface area (Å²) in [6, 6.07) is 2.42. The van der Waals surface area contributed by atoms with Gasteiger partial charge in [-0.1, -0.05) is 0 Å². The summed E-state index contributed by atoms with van der Waals surface area (Å²) >= 11 is 2.91. The number of ether oxygens (including phenoxy) is 2. The van der Waals surface area contributed by atoms with Gasteiger partial charge in [-0.3, -0.25) is 10.1 Å². The average Bonchev–Trinajstić information content (AvgIpc) is 2.37. The highest BCUT2D eigenvalue weighted by molar-refractivity contribution is 9.10. The second kappa shape index (κ2) is 6.57. The van der Waals surface area contributed by atoms with Crippen LogP contribution in [0.5, 0.6) is 11.5 Å². The summed E-state index contributed by atoms with van der Waals surface area (Å²) in [6.45, 7) is 0. The summed E-state index contributed by atoms with van der Waals surface area (Å²) in [5.41, 5.74) is 0.266. The summed E-state index contributed by atoms with van der Waals surface area (Å²) < 4.78 is 45.5. The van der Waals surface area contributed by atoms with E-state index >= 15 is 0 Å². The van der Waals surface area contributed by atoms with E-state index in [4.69, 9.17) is 4.74 Å². The molecule has 0 aliphatic heterocycles. The molecule has 1 aromatic carbocycles. The zero-order chi connectivity index (χ0) is 16.2. The molecule has 0 aliphatic rings. The van der Waals surface area contributed by atoms with Crippen molar-refractivity contribution in [3.63, 3.8) is 0 Å². The molecule has 0 unspecified atom stereocenters. The summed E-state index contributed by atoms with van der Waals surface area (Å²) in [7, 11) is 1.15. The lowest BCUT2D eigenvalue weighted by atomic mass is 10.2. The minimum absolute atomic E-state index is 0.0255. The summed E-state index contributed by atoms with van der Waals surface area (Å²) in [6.07, 6.45) is -3.42. The minimum Gasteiger partial charge on any atom is -0.493 e. The minimum atomic E-state index is -5.16. The zero-order valence-corrected chi connectivity index (χ0v) is 11.9. The van der Waals surface area contributed by atoms with Crippen LogP contribution in [0.3, 0.4) is 0 Å². The Kier molecular flexibility index (Phi) is 5.30. The molecule has 0 amide bonds. The first-order valence-electron chi connectivity index (χ1n) is 5.13. The molecule has 0 aromatic heterocycles. The Hall–Kier alpha value is -2.10. The van der Waals surface area contributed by atoms with Gasteiger partial charge in [0, 0.05) is 6.08 Å². The lowest BCUT2D eigenvalue weighted by Gasteiger charge is -2.13. The number of hydrogen-bond donors (Lipinski definition) is 0. The SMILES string of the molecule is COc1cc(/C=C/[N+](=O)[O-])cc(Br)c1OC(=O)C(F)(F)F. The van der Waals surface area contributed by atoms with Crippen LogP contribution in [0, 0.1) is 10.1 Å². The van der Waals surface area contributed by atoms with Crippen molar-refractivity contribution in [1.82, 2.24) is 0 Å². The van der Waals surface area contributed by atoms with Gasteiger partial charge in [-0.15, -0.1) is 0 Å². The van der Waals surface area contributed by atoms with E-state index < -0.39 is 22.8 Å². The molecular weight excluding hydrogens is 363 g/mol. The van der Waals surface area contributed by atoms with Gasteiger partial charge in [-0.2, -0.15) is 13.2 Å². The van der Waals surface area contributed by atoms with Crippen molar-refractivity contribution in [1.29, 1.82) is 0 Å². The van der Waals surface area contributed by atoms with Crippen LogP contribution in [0.25, 0.3) is 6.08 Å². The van der Waals surface area contributed by atoms with E-state index in [1.807, 2.05) is 0 Å². The lowest BCUT2D eigenvalue weighted by Crippen LogP contribution is -2.28. The molecule has 6 nitrogen and oxygen atoms in total. The molecule has 0 fully saturated rings. The monoisotopic (exact) mass is 369 g/mol. The van der Waals surface area contributed by atoms with Gasteiger partial charge in [-0.05, 0) is 33.6 Å². The largest absolute Gasteiger partial charge is 0.493 e. The predicted molar refractivity (Wildman–Crippen MR) is 68.4 cm³/mol. The number of nitrogens with zero attached hydrogens (tertiary/aromatic N) is 1. The molecule has 0 bridgehead atoms. The number of methoxy groups -OCH3 is 1. The molecule has 0 N–H and O–H groups in total. The predicted octanol–water partition coefficient (Wildman–Crippen LogP) is 3.17. The molecule has 0 atom stereocenters. The number of rotatable bonds is 4. The average molecular weight is 370 g/mol. The number of carbonyl (C=O) groups is 1. The smallest absolute Gasteiger partial charge is 0.491 e. The third-order valence-electron chi connectivity index (χ3n) is 2.07. The van der Waals surface area contributed by atoms with Gasteiger partial charge in [0.1, 0.15) is 0 Å². The highest BCUT2D eigenvalue weighted by Gasteiger charge is 2.42. The number of hydrogen-bond acceptors (Lipinski definition) is 5. The Bertz CT molecular complexity index is 600. The first-order valence-corrected chi connectivity index (χ1v) is 5.92. The van der Waals surface area contributed by atoms with Crippen LogP contribution in [0.1, 0.15) is 5.56 Å². The van der Waals surface area contributed by atoms with E-state index in [0.29, 0.717) is 6.20 Å². The van der Waals surface area contributed by atoms with Crippen molar-refractivity contribution < 1.29 is 32.4 Å². The fourth-order valence-corrected chi connectivity index (χ4v) is 1.77. The number of carbonyl (C=O) groups excluding carboxylic acids is 1. The highest BCUT2D eigenvalue weighted by atomic mass is 79.9. The second-order valence-electron chi connectivity index (χ2n) is 3.52. The van der Waals surface area contributed by atoms with Gasteiger partial charge in [0.05, 0.1) is 16.5 Å². The van der Waals surface area contributed by atoms with Crippen LogP contribution in [0.15, 0.2) is 22.8 Å². The maximum absolute atomic E-state index is 12.2. The van der Waals surface area contributed by atoms with Crippen molar-refractivity contribution in [3.8, 4) is 11.5 Å². The number of esters is 1. The molecule has 1 aromatic rings. The first-order chi connectivity index (χ1) is 9.65. The van der Waals surface area contributed by atoms with E-state index in [9.17, 15) is 28.1 Å². The Morgan fingerprint density at radius 1 is 1.43 bits per heavy atom. The molecule has 0 aliphatic carbocycles. The van der Waals surface area contributed by atoms with Gasteiger partial charge in [-0.25, -0.2) is 4.79 Å². The Morgan fingerprint density at radius 2 is 2.05 bits per heavy atom. The molecule has 10 heteroatoms. The normalized spacial score (nSPS) is 11.5. The van der Waals surface area contributed by atoms with E-state index in [2.05, 4.69) is 20.7 Å². The Labute approximate surface area is 124 Å². The third-order valence-corrected chi connectivity index (χ3v) is 2.66. The number of halogens is 4. The van der Waals surface area contributed by atoms with E-state index in [1.54, 1.807) is 0 Å². The van der Waals surface area contributed by atoms with Gasteiger partial charge in [0.25, 0.3) is 0 Å². The fraction of sp³-hybridized carbons (Fsp3) is 0.182. The molecule has 1 rings (SSSR count). The summed E-state index contributed by atoms with van der Waals surface area (Å²) in [4.78, 5) is 20.3. The van der Waals surface area contributed by atoms with E-state index in [0.717, 1.165) is 13.2 Å². The van der Waals surface area contributed by atoms with Crippen molar-refractivity contribution in [2.24, 2.45) is 0 Å². The van der Waals surface area contributed by atoms with Crippen LogP contribution in [0.2, 0.25) is 0 Å². The number of benzene rings is 1. The molecule has 0 saturated carbocycles. The maximum atomic E-state index is 12.2. The molecule has 0 radical (unpaired) electrons. The first kappa shape index (κ1) is 17.0. The van der Waals surface area contributed by atoms with Gasteiger partial charge >= 0.3 is 12.1 Å². The maximum Gasteiger partial charge on any atom is 0.491 e. The Morgan fingerprint density at radius 3 is 2.52 bits per heavy atom. The summed E-state index contributed by atoms with van der Waals surface area (Å²) in [5.74, 6) is -3.07. The molecule has 0 heterocycles. The molecule has 114 valence electrons. The highest BCUT2D eigenvalue weighted by Crippen LogP contribution is 2.38. The van der Waals surface area contributed by atoms with Gasteiger partial charge in [0.15, 0.2) is 11.5 Å². The Balaban J connectivity index is 3.17. The topological polar surface area (TPSA) is 78.7 Å². The van der Waals surface area contributed by atoms with E-state index in [1.165, 1.54) is 12.1 Å².